The Labute approximate surface area is 292 Å². The lowest BCUT2D eigenvalue weighted by Crippen LogP contribution is -2.29. The summed E-state index contributed by atoms with van der Waals surface area (Å²) in [6, 6.07) is 11.3. The van der Waals surface area contributed by atoms with Gasteiger partial charge in [0.25, 0.3) is 5.56 Å². The number of carboxylic acid groups (broad SMARTS) is 1. The summed E-state index contributed by atoms with van der Waals surface area (Å²) in [5.41, 5.74) is 0.569. The molecule has 0 aliphatic heterocycles. The average molecular weight is 713 g/mol. The van der Waals surface area contributed by atoms with E-state index in [0.29, 0.717) is 17.4 Å². The number of carboxylic acids is 1. The molecule has 4 rings (SSSR count). The zero-order valence-corrected chi connectivity index (χ0v) is 29.2. The first-order valence-electron chi connectivity index (χ1n) is 14.9. The Hall–Kier alpha value is -5.14. The van der Waals surface area contributed by atoms with E-state index < -0.39 is 35.0 Å². The highest BCUT2D eigenvalue weighted by molar-refractivity contribution is 6.41. The van der Waals surface area contributed by atoms with Gasteiger partial charge in [0, 0.05) is 31.6 Å². The first-order chi connectivity index (χ1) is 23.2. The maximum atomic E-state index is 15.0. The number of methoxy groups -OCH3 is 2. The number of nitrogens with zero attached hydrogens (tertiary/aromatic N) is 4. The van der Waals surface area contributed by atoms with Crippen molar-refractivity contribution in [3.05, 3.63) is 110 Å². The second-order valence-corrected chi connectivity index (χ2v) is 12.2. The Morgan fingerprint density at radius 3 is 2.35 bits per heavy atom. The van der Waals surface area contributed by atoms with E-state index in [1.54, 1.807) is 64.2 Å². The number of carbonyl (C=O) groups is 1. The van der Waals surface area contributed by atoms with E-state index in [0.717, 1.165) is 11.6 Å². The molecule has 2 heterocycles. The normalized spacial score (nSPS) is 12.2. The van der Waals surface area contributed by atoms with Crippen molar-refractivity contribution in [1.82, 2.24) is 14.5 Å². The molecule has 2 aromatic heterocycles. The van der Waals surface area contributed by atoms with Crippen LogP contribution in [0.25, 0.3) is 0 Å². The molecule has 4 N–H and O–H groups in total. The summed E-state index contributed by atoms with van der Waals surface area (Å²) in [7, 11) is 6.51. The fourth-order valence-corrected chi connectivity index (χ4v) is 5.28. The molecule has 0 fully saturated rings. The van der Waals surface area contributed by atoms with E-state index in [-0.39, 0.29) is 45.0 Å². The van der Waals surface area contributed by atoms with Crippen LogP contribution in [-0.4, -0.2) is 59.6 Å². The van der Waals surface area contributed by atoms with Crippen LogP contribution in [0, 0.1) is 17.1 Å². The minimum Gasteiger partial charge on any atom is -0.497 e. The summed E-state index contributed by atoms with van der Waals surface area (Å²) in [6.07, 6.45) is 2.99. The highest BCUT2D eigenvalue weighted by Crippen LogP contribution is 2.36. The fraction of sp³-hybridized carbons (Fsp3) is 0.265. The molecular weight excluding hydrogens is 676 g/mol. The van der Waals surface area contributed by atoms with Gasteiger partial charge in [0.2, 0.25) is 11.8 Å². The van der Waals surface area contributed by atoms with Crippen LogP contribution in [0.3, 0.4) is 0 Å². The topological polar surface area (TPSA) is 155 Å². The lowest BCUT2D eigenvalue weighted by Gasteiger charge is -2.29. The Morgan fingerprint density at radius 1 is 1.08 bits per heavy atom. The molecule has 15 heteroatoms. The summed E-state index contributed by atoms with van der Waals surface area (Å²) in [6.45, 7) is 3.74. The summed E-state index contributed by atoms with van der Waals surface area (Å²) in [5.74, 6) is -1.54. The predicted octanol–water partition coefficient (Wildman–Crippen LogP) is 6.50. The molecule has 0 aliphatic carbocycles. The predicted molar refractivity (Wildman–Crippen MR) is 189 cm³/mol. The third-order valence-electron chi connectivity index (χ3n) is 7.39. The first kappa shape index (κ1) is 36.7. The molecule has 0 bridgehead atoms. The Balaban J connectivity index is 1.93. The number of aliphatic carboxylic acids is 1. The molecule has 1 unspecified atom stereocenters. The number of halogens is 3. The minimum atomic E-state index is -1.54. The van der Waals surface area contributed by atoms with E-state index in [4.69, 9.17) is 38.1 Å². The van der Waals surface area contributed by atoms with Crippen molar-refractivity contribution in [2.45, 2.75) is 26.4 Å². The molecule has 49 heavy (non-hydrogen) atoms. The number of hydrogen-bond acceptors (Lipinski definition) is 10. The van der Waals surface area contributed by atoms with Crippen molar-refractivity contribution in [2.24, 2.45) is 5.92 Å². The number of benzene rings is 2. The van der Waals surface area contributed by atoms with Gasteiger partial charge in [-0.25, -0.2) is 14.2 Å². The molecule has 4 aromatic rings. The number of hydrogen-bond donors (Lipinski definition) is 4. The number of ether oxygens (including phenoxy) is 2. The van der Waals surface area contributed by atoms with Gasteiger partial charge in [0.1, 0.15) is 28.0 Å². The molecule has 0 radical (unpaired) electrons. The molecule has 0 spiro atoms. The smallest absolute Gasteiger partial charge is 0.354 e. The van der Waals surface area contributed by atoms with Gasteiger partial charge in [-0.3, -0.25) is 10.2 Å². The molecule has 0 saturated carbocycles. The molecule has 12 nitrogen and oxygen atoms in total. The van der Waals surface area contributed by atoms with Crippen LogP contribution < -0.4 is 30.6 Å². The van der Waals surface area contributed by atoms with Crippen LogP contribution in [0.15, 0.2) is 77.0 Å². The number of aromatic nitrogens is 3. The van der Waals surface area contributed by atoms with Crippen LogP contribution in [0.4, 0.5) is 21.7 Å². The van der Waals surface area contributed by atoms with E-state index in [9.17, 15) is 14.7 Å². The van der Waals surface area contributed by atoms with Gasteiger partial charge in [0.05, 0.1) is 43.7 Å². The van der Waals surface area contributed by atoms with Crippen molar-refractivity contribution >= 4 is 52.2 Å². The number of allylic oxidation sites excluding steroid dienone is 1. The summed E-state index contributed by atoms with van der Waals surface area (Å²) < 4.78 is 27.1. The Kier molecular flexibility index (Phi) is 11.9. The van der Waals surface area contributed by atoms with Gasteiger partial charge in [-0.05, 0) is 47.4 Å². The van der Waals surface area contributed by atoms with Crippen LogP contribution in [0.1, 0.15) is 31.0 Å². The van der Waals surface area contributed by atoms with Gasteiger partial charge in [-0.2, -0.15) is 4.98 Å². The Bertz CT molecular complexity index is 1950. The van der Waals surface area contributed by atoms with Gasteiger partial charge in [-0.15, -0.1) is 0 Å². The third kappa shape index (κ3) is 8.67. The first-order valence-corrected chi connectivity index (χ1v) is 15.7. The number of nitrogens with one attached hydrogen (secondary N) is 3. The molecule has 1 atom stereocenters. The molecular formula is C34H36Cl2FN7O5. The summed E-state index contributed by atoms with van der Waals surface area (Å²) in [4.78, 5) is 36.1. The van der Waals surface area contributed by atoms with Crippen molar-refractivity contribution in [1.29, 1.82) is 5.41 Å². The van der Waals surface area contributed by atoms with Crippen LogP contribution in [0.2, 0.25) is 10.0 Å². The van der Waals surface area contributed by atoms with Crippen LogP contribution >= 0.6 is 23.2 Å². The van der Waals surface area contributed by atoms with Crippen molar-refractivity contribution in [3.63, 3.8) is 0 Å². The van der Waals surface area contributed by atoms with Crippen LogP contribution in [0.5, 0.6) is 11.6 Å². The quantitative estimate of drug-likeness (QED) is 0.107. The SMILES string of the molecule is COc1ccc(Cn2cc(NC(/C(C(=N)C(=O)O)=C(/Nc3cnc(N(C)C)nc3OC)C(C)C)c3ccc(Cl)c(F)c3)cc(Cl)c2=O)cc1. The van der Waals surface area contributed by atoms with E-state index in [1.807, 2.05) is 0 Å². The summed E-state index contributed by atoms with van der Waals surface area (Å²) >= 11 is 12.5. The van der Waals surface area contributed by atoms with Gasteiger partial charge >= 0.3 is 5.97 Å². The van der Waals surface area contributed by atoms with Gasteiger partial charge in [-0.1, -0.05) is 55.2 Å². The average Bonchev–Trinajstić information content (AvgIpc) is 3.07. The van der Waals surface area contributed by atoms with Gasteiger partial charge < -0.3 is 34.7 Å². The zero-order valence-electron chi connectivity index (χ0n) is 27.6. The van der Waals surface area contributed by atoms with E-state index in [1.165, 1.54) is 42.3 Å². The monoisotopic (exact) mass is 711 g/mol. The number of pyridine rings is 1. The standard InChI is InChI=1S/C34H36Cl2FN7O5/c1-18(2)29(41-26-15-39-34(43(3)4)42-31(26)49-6)27(28(38)33(46)47)30(20-9-12-23(35)25(37)13-20)40-21-14-24(36)32(45)44(17-21)16-19-7-10-22(48-5)11-8-19/h7-15,17-18,30,38,40-41H,16H2,1-6H3,(H,46,47)/b29-27+,38-28?. The maximum Gasteiger partial charge on any atom is 0.354 e. The molecule has 2 aromatic carbocycles. The lowest BCUT2D eigenvalue weighted by molar-refractivity contribution is -0.129. The number of anilines is 3. The largest absolute Gasteiger partial charge is 0.497 e. The highest BCUT2D eigenvalue weighted by Gasteiger charge is 2.31. The van der Waals surface area contributed by atoms with Crippen molar-refractivity contribution in [2.75, 3.05) is 43.8 Å². The molecule has 258 valence electrons. The van der Waals surface area contributed by atoms with E-state index in [2.05, 4.69) is 20.6 Å². The third-order valence-corrected chi connectivity index (χ3v) is 7.96. The minimum absolute atomic E-state index is 0.0491. The summed E-state index contributed by atoms with van der Waals surface area (Å²) in [5, 5.41) is 25.1. The van der Waals surface area contributed by atoms with Crippen molar-refractivity contribution in [3.8, 4) is 11.6 Å². The highest BCUT2D eigenvalue weighted by atomic mass is 35.5. The zero-order chi connectivity index (χ0) is 36.0. The van der Waals surface area contributed by atoms with E-state index >= 15 is 4.39 Å². The van der Waals surface area contributed by atoms with Crippen LogP contribution in [-0.2, 0) is 11.3 Å². The molecule has 0 aliphatic rings. The second kappa shape index (κ2) is 15.8. The van der Waals surface area contributed by atoms with Crippen molar-refractivity contribution < 1.29 is 23.8 Å². The van der Waals surface area contributed by atoms with Gasteiger partial charge in [0.15, 0.2) is 0 Å². The molecule has 0 saturated heterocycles. The Morgan fingerprint density at radius 2 is 1.78 bits per heavy atom. The number of rotatable bonds is 14. The maximum absolute atomic E-state index is 15.0. The fourth-order valence-electron chi connectivity index (χ4n) is 4.94. The lowest BCUT2D eigenvalue weighted by atomic mass is 9.89. The second-order valence-electron chi connectivity index (χ2n) is 11.4. The molecule has 0 amide bonds.